The van der Waals surface area contributed by atoms with Gasteiger partial charge in [-0.3, -0.25) is 4.72 Å². The average molecular weight is 379 g/mol. The van der Waals surface area contributed by atoms with E-state index in [0.29, 0.717) is 17.1 Å². The highest BCUT2D eigenvalue weighted by atomic mass is 32.2. The molecule has 0 aliphatic rings. The Balaban J connectivity index is 2.49. The molecule has 0 saturated carbocycles. The van der Waals surface area contributed by atoms with Crippen molar-refractivity contribution in [1.29, 1.82) is 0 Å². The molecule has 26 heavy (non-hydrogen) atoms. The van der Waals surface area contributed by atoms with E-state index in [4.69, 9.17) is 4.74 Å². The Hall–Kier alpha value is -2.48. The number of sulfonamides is 1. The maximum Gasteiger partial charge on any atom is 0.341 e. The van der Waals surface area contributed by atoms with Gasteiger partial charge in [-0.1, -0.05) is 6.07 Å². The molecule has 0 aliphatic heterocycles. The Morgan fingerprint density at radius 2 is 1.85 bits per heavy atom. The Labute approximate surface area is 154 Å². The van der Waals surface area contributed by atoms with E-state index in [2.05, 4.69) is 9.71 Å². The highest BCUT2D eigenvalue weighted by Gasteiger charge is 2.30. The molecule has 2 rings (SSSR count). The molecule has 1 aromatic heterocycles. The van der Waals surface area contributed by atoms with Gasteiger partial charge in [0, 0.05) is 31.2 Å². The SMILES string of the molecule is CCOC(=O)c1c(C)[nH]c(C)c1S(=O)(=O)Nc1ccc(C)c(N(C)C)c1. The highest BCUT2D eigenvalue weighted by molar-refractivity contribution is 7.92. The summed E-state index contributed by atoms with van der Waals surface area (Å²) in [5.41, 5.74) is 3.23. The number of hydrogen-bond acceptors (Lipinski definition) is 5. The van der Waals surface area contributed by atoms with E-state index >= 15 is 0 Å². The molecule has 0 radical (unpaired) electrons. The molecule has 0 spiro atoms. The van der Waals surface area contributed by atoms with E-state index < -0.39 is 16.0 Å². The lowest BCUT2D eigenvalue weighted by Gasteiger charge is -2.17. The number of benzene rings is 1. The monoisotopic (exact) mass is 379 g/mol. The van der Waals surface area contributed by atoms with Gasteiger partial charge in [0.25, 0.3) is 10.0 Å². The van der Waals surface area contributed by atoms with Crippen LogP contribution in [0.15, 0.2) is 23.1 Å². The average Bonchev–Trinajstić information content (AvgIpc) is 2.84. The number of rotatable bonds is 6. The Morgan fingerprint density at radius 1 is 1.19 bits per heavy atom. The Bertz CT molecular complexity index is 930. The molecule has 1 aromatic carbocycles. The van der Waals surface area contributed by atoms with Crippen molar-refractivity contribution in [1.82, 2.24) is 4.98 Å². The molecule has 2 N–H and O–H groups in total. The van der Waals surface area contributed by atoms with Crippen LogP contribution in [0.25, 0.3) is 0 Å². The van der Waals surface area contributed by atoms with Crippen molar-refractivity contribution in [2.24, 2.45) is 0 Å². The molecular formula is C18H25N3O4S. The minimum Gasteiger partial charge on any atom is -0.462 e. The number of esters is 1. The van der Waals surface area contributed by atoms with Gasteiger partial charge in [0.05, 0.1) is 12.3 Å². The zero-order valence-corrected chi connectivity index (χ0v) is 16.7. The minimum absolute atomic E-state index is 0.0387. The topological polar surface area (TPSA) is 91.5 Å². The third-order valence-electron chi connectivity index (χ3n) is 4.01. The predicted molar refractivity (Wildman–Crippen MR) is 103 cm³/mol. The number of anilines is 2. The number of hydrogen-bond donors (Lipinski definition) is 2. The number of aryl methyl sites for hydroxylation is 3. The van der Waals surface area contributed by atoms with Crippen LogP contribution in [-0.4, -0.2) is 40.1 Å². The maximum absolute atomic E-state index is 13.0. The maximum atomic E-state index is 13.0. The number of nitrogens with one attached hydrogen (secondary N) is 2. The number of H-pyrrole nitrogens is 1. The molecule has 7 nitrogen and oxygen atoms in total. The number of aromatic nitrogens is 1. The largest absolute Gasteiger partial charge is 0.462 e. The van der Waals surface area contributed by atoms with E-state index in [1.165, 1.54) is 0 Å². The second-order valence-corrected chi connectivity index (χ2v) is 7.92. The van der Waals surface area contributed by atoms with Gasteiger partial charge in [0.2, 0.25) is 0 Å². The summed E-state index contributed by atoms with van der Waals surface area (Å²) < 4.78 is 33.5. The summed E-state index contributed by atoms with van der Waals surface area (Å²) in [5, 5.41) is 0. The molecule has 0 aliphatic carbocycles. The molecule has 0 unspecified atom stereocenters. The molecule has 0 fully saturated rings. The fourth-order valence-electron chi connectivity index (χ4n) is 2.90. The molecule has 8 heteroatoms. The van der Waals surface area contributed by atoms with Crippen LogP contribution in [0, 0.1) is 20.8 Å². The van der Waals surface area contributed by atoms with Crippen LogP contribution in [0.3, 0.4) is 0 Å². The summed E-state index contributed by atoms with van der Waals surface area (Å²) in [6.07, 6.45) is 0. The summed E-state index contributed by atoms with van der Waals surface area (Å²) in [5.74, 6) is -0.660. The molecule has 2 aromatic rings. The van der Waals surface area contributed by atoms with Gasteiger partial charge >= 0.3 is 5.97 Å². The van der Waals surface area contributed by atoms with E-state index in [-0.39, 0.29) is 17.1 Å². The predicted octanol–water partition coefficient (Wildman–Crippen LogP) is 2.98. The quantitative estimate of drug-likeness (QED) is 0.753. The lowest BCUT2D eigenvalue weighted by Crippen LogP contribution is -2.18. The normalized spacial score (nSPS) is 11.3. The van der Waals surface area contributed by atoms with Gasteiger partial charge in [-0.05, 0) is 45.4 Å². The summed E-state index contributed by atoms with van der Waals surface area (Å²) >= 11 is 0. The van der Waals surface area contributed by atoms with E-state index in [1.54, 1.807) is 32.9 Å². The molecule has 0 saturated heterocycles. The second kappa shape index (κ2) is 7.41. The first-order valence-corrected chi connectivity index (χ1v) is 9.73. The summed E-state index contributed by atoms with van der Waals surface area (Å²) in [6, 6.07) is 5.29. The summed E-state index contributed by atoms with van der Waals surface area (Å²) in [7, 11) is -0.197. The number of carbonyl (C=O) groups excluding carboxylic acids is 1. The molecule has 0 atom stereocenters. The Kier molecular flexibility index (Phi) is 5.65. The fraction of sp³-hybridized carbons (Fsp3) is 0.389. The van der Waals surface area contributed by atoms with Crippen LogP contribution in [0.5, 0.6) is 0 Å². The summed E-state index contributed by atoms with van der Waals surface area (Å²) in [4.78, 5) is 17.0. The van der Waals surface area contributed by atoms with Crippen molar-refractivity contribution in [3.8, 4) is 0 Å². The molecule has 0 amide bonds. The smallest absolute Gasteiger partial charge is 0.341 e. The highest BCUT2D eigenvalue weighted by Crippen LogP contribution is 2.29. The minimum atomic E-state index is -3.97. The third-order valence-corrected chi connectivity index (χ3v) is 5.56. The Morgan fingerprint density at radius 3 is 2.42 bits per heavy atom. The van der Waals surface area contributed by atoms with E-state index in [0.717, 1.165) is 11.3 Å². The van der Waals surface area contributed by atoms with Gasteiger partial charge < -0.3 is 14.6 Å². The van der Waals surface area contributed by atoms with Crippen LogP contribution in [0.4, 0.5) is 11.4 Å². The number of ether oxygens (including phenoxy) is 1. The van der Waals surface area contributed by atoms with Gasteiger partial charge in [-0.2, -0.15) is 0 Å². The molecule has 1 heterocycles. The van der Waals surface area contributed by atoms with Crippen LogP contribution >= 0.6 is 0 Å². The number of aromatic amines is 1. The molecular weight excluding hydrogens is 354 g/mol. The van der Waals surface area contributed by atoms with Crippen molar-refractivity contribution in [2.45, 2.75) is 32.6 Å². The van der Waals surface area contributed by atoms with E-state index in [1.807, 2.05) is 32.0 Å². The van der Waals surface area contributed by atoms with Crippen LogP contribution in [0.1, 0.15) is 34.2 Å². The van der Waals surface area contributed by atoms with E-state index in [9.17, 15) is 13.2 Å². The van der Waals surface area contributed by atoms with Crippen molar-refractivity contribution >= 4 is 27.4 Å². The first-order chi connectivity index (χ1) is 12.1. The summed E-state index contributed by atoms with van der Waals surface area (Å²) in [6.45, 7) is 7.05. The van der Waals surface area contributed by atoms with Gasteiger partial charge in [0.15, 0.2) is 0 Å². The van der Waals surface area contributed by atoms with Crippen molar-refractivity contribution in [3.63, 3.8) is 0 Å². The zero-order valence-electron chi connectivity index (χ0n) is 15.9. The lowest BCUT2D eigenvalue weighted by molar-refractivity contribution is 0.0521. The van der Waals surface area contributed by atoms with Gasteiger partial charge in [0.1, 0.15) is 10.5 Å². The first-order valence-electron chi connectivity index (χ1n) is 8.25. The van der Waals surface area contributed by atoms with Crippen molar-refractivity contribution in [3.05, 3.63) is 40.7 Å². The fourth-order valence-corrected chi connectivity index (χ4v) is 4.40. The van der Waals surface area contributed by atoms with Crippen LogP contribution < -0.4 is 9.62 Å². The van der Waals surface area contributed by atoms with Crippen molar-refractivity contribution < 1.29 is 17.9 Å². The molecule has 142 valence electrons. The van der Waals surface area contributed by atoms with Gasteiger partial charge in [-0.25, -0.2) is 13.2 Å². The van der Waals surface area contributed by atoms with Crippen molar-refractivity contribution in [2.75, 3.05) is 30.3 Å². The number of carbonyl (C=O) groups is 1. The third kappa shape index (κ3) is 3.85. The lowest BCUT2D eigenvalue weighted by atomic mass is 10.2. The second-order valence-electron chi connectivity index (χ2n) is 6.30. The van der Waals surface area contributed by atoms with Crippen LogP contribution in [0.2, 0.25) is 0 Å². The standard InChI is InChI=1S/C18H25N3O4S/c1-7-25-18(22)16-12(3)19-13(4)17(16)26(23,24)20-14-9-8-11(2)15(10-14)21(5)6/h8-10,19-20H,7H2,1-6H3. The number of nitrogens with zero attached hydrogens (tertiary/aromatic N) is 1. The van der Waals surface area contributed by atoms with Gasteiger partial charge in [-0.15, -0.1) is 0 Å². The first kappa shape index (κ1) is 19.8. The van der Waals surface area contributed by atoms with Crippen LogP contribution in [-0.2, 0) is 14.8 Å². The zero-order chi connectivity index (χ0) is 19.6. The molecule has 0 bridgehead atoms.